The van der Waals surface area contributed by atoms with Gasteiger partial charge < -0.3 is 5.11 Å². The first-order chi connectivity index (χ1) is 9.76. The number of aromatic nitrogens is 5. The summed E-state index contributed by atoms with van der Waals surface area (Å²) >= 11 is 1.17. The second-order valence-electron chi connectivity index (χ2n) is 3.63. The van der Waals surface area contributed by atoms with Crippen LogP contribution in [0.5, 0.6) is 0 Å². The monoisotopic (exact) mass is 295 g/mol. The van der Waals surface area contributed by atoms with Crippen molar-refractivity contribution < 1.29 is 9.90 Å². The average molecular weight is 295 g/mol. The predicted octanol–water partition coefficient (Wildman–Crippen LogP) is -1.19. The van der Waals surface area contributed by atoms with Crippen molar-refractivity contribution in [3.63, 3.8) is 0 Å². The Bertz CT molecular complexity index is 574. The van der Waals surface area contributed by atoms with Gasteiger partial charge in [0.2, 0.25) is 5.91 Å². The number of carbonyl (C=O) groups excluding carboxylic acids is 1. The fourth-order valence-electron chi connectivity index (χ4n) is 1.47. The molecule has 1 amide bonds. The highest BCUT2D eigenvalue weighted by Crippen LogP contribution is 2.21. The van der Waals surface area contributed by atoms with Crippen LogP contribution in [-0.2, 0) is 11.3 Å². The first kappa shape index (κ1) is 14.4. The molecule has 2 aromatic rings. The van der Waals surface area contributed by atoms with E-state index in [1.807, 2.05) is 5.43 Å². The predicted molar refractivity (Wildman–Crippen MR) is 71.2 cm³/mol. The molecule has 0 spiro atoms. The number of hydrazine groups is 1. The first-order valence-corrected chi connectivity index (χ1v) is 6.67. The van der Waals surface area contributed by atoms with Crippen LogP contribution in [0.25, 0.3) is 11.5 Å². The lowest BCUT2D eigenvalue weighted by molar-refractivity contribution is -0.118. The van der Waals surface area contributed by atoms with Gasteiger partial charge in [-0.05, 0) is 0 Å². The molecule has 106 valence electrons. The summed E-state index contributed by atoms with van der Waals surface area (Å²) in [6.45, 7) is 0.216. The third-order valence-electron chi connectivity index (χ3n) is 2.33. The fraction of sp³-hybridized carbons (Fsp3) is 0.300. The minimum Gasteiger partial charge on any atom is -0.395 e. The molecule has 10 heteroatoms. The molecular formula is C10H13N7O2S. The Labute approximate surface area is 118 Å². The van der Waals surface area contributed by atoms with Crippen molar-refractivity contribution >= 4 is 17.7 Å². The molecule has 20 heavy (non-hydrogen) atoms. The van der Waals surface area contributed by atoms with Gasteiger partial charge in [0.25, 0.3) is 0 Å². The minimum absolute atomic E-state index is 0.0814. The van der Waals surface area contributed by atoms with E-state index < -0.39 is 0 Å². The smallest absolute Gasteiger partial charge is 0.244 e. The maximum absolute atomic E-state index is 11.1. The van der Waals surface area contributed by atoms with E-state index >= 15 is 0 Å². The van der Waals surface area contributed by atoms with Crippen LogP contribution < -0.4 is 11.3 Å². The Hall–Kier alpha value is -2.04. The molecule has 0 aliphatic rings. The fourth-order valence-corrected chi connectivity index (χ4v) is 2.25. The van der Waals surface area contributed by atoms with Crippen LogP contribution in [0.3, 0.4) is 0 Å². The van der Waals surface area contributed by atoms with Gasteiger partial charge >= 0.3 is 0 Å². The van der Waals surface area contributed by atoms with E-state index in [0.29, 0.717) is 23.2 Å². The molecular weight excluding hydrogens is 282 g/mol. The highest BCUT2D eigenvalue weighted by atomic mass is 32.2. The Balaban J connectivity index is 2.25. The van der Waals surface area contributed by atoms with E-state index in [1.165, 1.54) is 11.8 Å². The van der Waals surface area contributed by atoms with Crippen LogP contribution in [0.2, 0.25) is 0 Å². The summed E-state index contributed by atoms with van der Waals surface area (Å²) in [5, 5.41) is 17.7. The number of nitrogens with zero attached hydrogens (tertiary/aromatic N) is 5. The summed E-state index contributed by atoms with van der Waals surface area (Å²) in [5.41, 5.74) is 2.58. The van der Waals surface area contributed by atoms with Gasteiger partial charge in [0.05, 0.1) is 18.6 Å². The third-order valence-corrected chi connectivity index (χ3v) is 3.29. The molecule has 0 fully saturated rings. The van der Waals surface area contributed by atoms with Gasteiger partial charge in [0.1, 0.15) is 5.69 Å². The van der Waals surface area contributed by atoms with E-state index in [1.54, 1.807) is 23.2 Å². The van der Waals surface area contributed by atoms with Gasteiger partial charge in [-0.25, -0.2) is 10.8 Å². The first-order valence-electron chi connectivity index (χ1n) is 5.69. The Morgan fingerprint density at radius 1 is 1.45 bits per heavy atom. The van der Waals surface area contributed by atoms with E-state index in [0.717, 1.165) is 0 Å². The Morgan fingerprint density at radius 2 is 2.30 bits per heavy atom. The number of hydrogen-bond donors (Lipinski definition) is 3. The van der Waals surface area contributed by atoms with Crippen molar-refractivity contribution in [2.24, 2.45) is 5.84 Å². The molecule has 0 saturated carbocycles. The van der Waals surface area contributed by atoms with Gasteiger partial charge in [-0.1, -0.05) is 11.8 Å². The molecule has 0 unspecified atom stereocenters. The van der Waals surface area contributed by atoms with Crippen molar-refractivity contribution in [3.05, 3.63) is 18.6 Å². The molecule has 0 aliphatic heterocycles. The molecule has 0 aliphatic carbocycles. The largest absolute Gasteiger partial charge is 0.395 e. The normalized spacial score (nSPS) is 10.5. The number of amides is 1. The zero-order valence-corrected chi connectivity index (χ0v) is 11.2. The van der Waals surface area contributed by atoms with Crippen LogP contribution in [-0.4, -0.2) is 48.1 Å². The molecule has 0 atom stereocenters. The van der Waals surface area contributed by atoms with Gasteiger partial charge in [0.15, 0.2) is 11.0 Å². The van der Waals surface area contributed by atoms with Crippen molar-refractivity contribution in [1.82, 2.24) is 30.2 Å². The lowest BCUT2D eigenvalue weighted by Crippen LogP contribution is -2.31. The SMILES string of the molecule is NNC(=O)CSc1nnc(-c2cnccn2)n1CCO. The lowest BCUT2D eigenvalue weighted by Gasteiger charge is -2.07. The summed E-state index contributed by atoms with van der Waals surface area (Å²) in [6.07, 6.45) is 4.65. The van der Waals surface area contributed by atoms with E-state index in [4.69, 9.17) is 10.9 Å². The molecule has 9 nitrogen and oxygen atoms in total. The van der Waals surface area contributed by atoms with E-state index in [-0.39, 0.29) is 18.3 Å². The van der Waals surface area contributed by atoms with Gasteiger partial charge in [-0.2, -0.15) is 0 Å². The molecule has 0 aromatic carbocycles. The van der Waals surface area contributed by atoms with Crippen LogP contribution in [0, 0.1) is 0 Å². The molecule has 2 rings (SSSR count). The molecule has 0 radical (unpaired) electrons. The number of aliphatic hydroxyl groups excluding tert-OH is 1. The highest BCUT2D eigenvalue weighted by molar-refractivity contribution is 7.99. The maximum Gasteiger partial charge on any atom is 0.244 e. The number of aliphatic hydroxyl groups is 1. The van der Waals surface area contributed by atoms with Crippen LogP contribution in [0.1, 0.15) is 0 Å². The Kier molecular flexibility index (Phi) is 4.98. The van der Waals surface area contributed by atoms with Crippen LogP contribution >= 0.6 is 11.8 Å². The summed E-state index contributed by atoms with van der Waals surface area (Å²) < 4.78 is 1.68. The summed E-state index contributed by atoms with van der Waals surface area (Å²) in [5.74, 6) is 5.29. The molecule has 2 aromatic heterocycles. The zero-order valence-electron chi connectivity index (χ0n) is 10.4. The van der Waals surface area contributed by atoms with Gasteiger partial charge in [0, 0.05) is 18.9 Å². The second kappa shape index (κ2) is 6.93. The highest BCUT2D eigenvalue weighted by Gasteiger charge is 2.15. The second-order valence-corrected chi connectivity index (χ2v) is 4.57. The molecule has 2 heterocycles. The maximum atomic E-state index is 11.1. The number of thioether (sulfide) groups is 1. The third kappa shape index (κ3) is 3.29. The minimum atomic E-state index is -0.324. The topological polar surface area (TPSA) is 132 Å². The van der Waals surface area contributed by atoms with Crippen molar-refractivity contribution in [2.75, 3.05) is 12.4 Å². The van der Waals surface area contributed by atoms with Crippen LogP contribution in [0.15, 0.2) is 23.7 Å². The Morgan fingerprint density at radius 3 is 2.95 bits per heavy atom. The van der Waals surface area contributed by atoms with Crippen molar-refractivity contribution in [1.29, 1.82) is 0 Å². The number of hydrogen-bond acceptors (Lipinski definition) is 8. The average Bonchev–Trinajstić information content (AvgIpc) is 2.89. The quantitative estimate of drug-likeness (QED) is 0.262. The van der Waals surface area contributed by atoms with Gasteiger partial charge in [-0.15, -0.1) is 10.2 Å². The molecule has 0 saturated heterocycles. The zero-order chi connectivity index (χ0) is 14.4. The van der Waals surface area contributed by atoms with Gasteiger partial charge in [-0.3, -0.25) is 19.8 Å². The number of carbonyl (C=O) groups is 1. The van der Waals surface area contributed by atoms with Crippen molar-refractivity contribution in [3.8, 4) is 11.5 Å². The number of nitrogens with one attached hydrogen (secondary N) is 1. The standard InChI is InChI=1S/C10H13N7O2S/c11-14-8(19)6-20-10-16-15-9(17(10)3-4-18)7-5-12-1-2-13-7/h1-2,5,18H,3-4,6,11H2,(H,14,19). The summed E-state index contributed by atoms with van der Waals surface area (Å²) in [7, 11) is 0. The number of rotatable bonds is 6. The lowest BCUT2D eigenvalue weighted by atomic mass is 10.4. The molecule has 0 bridgehead atoms. The van der Waals surface area contributed by atoms with Crippen molar-refractivity contribution in [2.45, 2.75) is 11.7 Å². The molecule has 4 N–H and O–H groups in total. The summed E-state index contributed by atoms with van der Waals surface area (Å²) in [4.78, 5) is 19.3. The van der Waals surface area contributed by atoms with Crippen LogP contribution in [0.4, 0.5) is 0 Å². The van der Waals surface area contributed by atoms with E-state index in [2.05, 4.69) is 20.2 Å². The summed E-state index contributed by atoms with van der Waals surface area (Å²) in [6, 6.07) is 0. The number of nitrogens with two attached hydrogens (primary N) is 1. The van der Waals surface area contributed by atoms with E-state index in [9.17, 15) is 4.79 Å².